The standard InChI is InChI=1S/C23H34N2O5/c1-3-29-16-30-15-21(24-22(26)19-11-9-17(2)10-12-19)14-20(23(27)25-28)13-18-7-5-4-6-8-18/h4-8,19-21,28H,2-3,9-16H2,1H3,(H,24,26)(H,25,27). The average molecular weight is 419 g/mol. The molecular formula is C23H34N2O5. The van der Waals surface area contributed by atoms with Crippen molar-refractivity contribution in [3.8, 4) is 0 Å². The molecule has 2 atom stereocenters. The van der Waals surface area contributed by atoms with Crippen LogP contribution in [0.15, 0.2) is 42.5 Å². The summed E-state index contributed by atoms with van der Waals surface area (Å²) < 4.78 is 10.8. The van der Waals surface area contributed by atoms with Crippen molar-refractivity contribution in [2.24, 2.45) is 11.8 Å². The first-order chi connectivity index (χ1) is 14.5. The van der Waals surface area contributed by atoms with E-state index in [1.807, 2.05) is 37.3 Å². The Hall–Kier alpha value is -2.22. The maximum Gasteiger partial charge on any atom is 0.246 e. The zero-order valence-corrected chi connectivity index (χ0v) is 17.8. The number of ether oxygens (including phenoxy) is 2. The molecule has 1 aliphatic carbocycles. The quantitative estimate of drug-likeness (QED) is 0.159. The molecule has 0 bridgehead atoms. The predicted octanol–water partition coefficient (Wildman–Crippen LogP) is 2.98. The lowest BCUT2D eigenvalue weighted by atomic mass is 9.85. The fourth-order valence-corrected chi connectivity index (χ4v) is 3.72. The number of amides is 2. The maximum atomic E-state index is 12.8. The summed E-state index contributed by atoms with van der Waals surface area (Å²) in [4.78, 5) is 25.1. The predicted molar refractivity (Wildman–Crippen MR) is 114 cm³/mol. The number of benzene rings is 1. The molecule has 1 aliphatic rings. The van der Waals surface area contributed by atoms with Crippen LogP contribution in [-0.2, 0) is 25.5 Å². The van der Waals surface area contributed by atoms with Crippen LogP contribution in [0, 0.1) is 11.8 Å². The third-order valence-corrected chi connectivity index (χ3v) is 5.47. The second kappa shape index (κ2) is 13.2. The van der Waals surface area contributed by atoms with E-state index in [2.05, 4.69) is 11.9 Å². The van der Waals surface area contributed by atoms with E-state index in [4.69, 9.17) is 9.47 Å². The van der Waals surface area contributed by atoms with Crippen LogP contribution < -0.4 is 10.8 Å². The van der Waals surface area contributed by atoms with Crippen molar-refractivity contribution in [3.63, 3.8) is 0 Å². The molecule has 0 aromatic heterocycles. The first-order valence-corrected chi connectivity index (χ1v) is 10.6. The molecule has 2 unspecified atom stereocenters. The highest BCUT2D eigenvalue weighted by Gasteiger charge is 2.28. The molecule has 2 amide bonds. The number of nitrogens with one attached hydrogen (secondary N) is 2. The summed E-state index contributed by atoms with van der Waals surface area (Å²) in [7, 11) is 0. The lowest BCUT2D eigenvalue weighted by Gasteiger charge is -2.27. The third-order valence-electron chi connectivity index (χ3n) is 5.47. The fraction of sp³-hybridized carbons (Fsp3) is 0.565. The minimum Gasteiger partial charge on any atom is -0.356 e. The Labute approximate surface area is 178 Å². The molecule has 1 fully saturated rings. The van der Waals surface area contributed by atoms with E-state index >= 15 is 0 Å². The van der Waals surface area contributed by atoms with Crippen molar-refractivity contribution in [1.82, 2.24) is 10.8 Å². The minimum atomic E-state index is -0.510. The van der Waals surface area contributed by atoms with Gasteiger partial charge in [-0.05, 0) is 51.0 Å². The van der Waals surface area contributed by atoms with Crippen molar-refractivity contribution >= 4 is 11.8 Å². The highest BCUT2D eigenvalue weighted by atomic mass is 16.7. The summed E-state index contributed by atoms with van der Waals surface area (Å²) >= 11 is 0. The van der Waals surface area contributed by atoms with Crippen LogP contribution in [0.4, 0.5) is 0 Å². The molecule has 2 rings (SSSR count). The molecule has 0 radical (unpaired) electrons. The van der Waals surface area contributed by atoms with E-state index in [9.17, 15) is 14.8 Å². The lowest BCUT2D eigenvalue weighted by molar-refractivity contribution is -0.135. The average Bonchev–Trinajstić information content (AvgIpc) is 2.76. The summed E-state index contributed by atoms with van der Waals surface area (Å²) in [6, 6.07) is 9.23. The normalized spacial score (nSPS) is 16.7. The SMILES string of the molecule is C=C1CCC(C(=O)NC(COCOCC)CC(Cc2ccccc2)C(=O)NO)CC1. The van der Waals surface area contributed by atoms with Gasteiger partial charge in [-0.3, -0.25) is 14.8 Å². The Balaban J connectivity index is 2.03. The van der Waals surface area contributed by atoms with Crippen LogP contribution in [0.1, 0.15) is 44.6 Å². The van der Waals surface area contributed by atoms with Crippen LogP contribution in [0.25, 0.3) is 0 Å². The lowest BCUT2D eigenvalue weighted by Crippen LogP contribution is -2.45. The number of hydroxylamine groups is 1. The number of hydrogen-bond acceptors (Lipinski definition) is 5. The van der Waals surface area contributed by atoms with Gasteiger partial charge in [-0.25, -0.2) is 5.48 Å². The second-order valence-corrected chi connectivity index (χ2v) is 7.81. The Kier molecular flexibility index (Phi) is 10.5. The summed E-state index contributed by atoms with van der Waals surface area (Å²) in [5.74, 6) is -1.05. The largest absolute Gasteiger partial charge is 0.356 e. The van der Waals surface area contributed by atoms with Crippen LogP contribution >= 0.6 is 0 Å². The molecular weight excluding hydrogens is 384 g/mol. The fourth-order valence-electron chi connectivity index (χ4n) is 3.72. The molecule has 166 valence electrons. The van der Waals surface area contributed by atoms with E-state index in [0.717, 1.165) is 31.2 Å². The van der Waals surface area contributed by atoms with Gasteiger partial charge in [0.05, 0.1) is 12.6 Å². The smallest absolute Gasteiger partial charge is 0.246 e. The number of hydrogen-bond donors (Lipinski definition) is 3. The molecule has 0 aliphatic heterocycles. The van der Waals surface area contributed by atoms with Crippen molar-refractivity contribution in [1.29, 1.82) is 0 Å². The first-order valence-electron chi connectivity index (χ1n) is 10.6. The molecule has 1 saturated carbocycles. The molecule has 0 heterocycles. The van der Waals surface area contributed by atoms with Crippen LogP contribution in [0.3, 0.4) is 0 Å². The van der Waals surface area contributed by atoms with Gasteiger partial charge in [-0.15, -0.1) is 0 Å². The molecule has 0 saturated heterocycles. The van der Waals surface area contributed by atoms with Crippen LogP contribution in [-0.4, -0.2) is 43.1 Å². The first kappa shape index (κ1) is 24.1. The van der Waals surface area contributed by atoms with Gasteiger partial charge in [-0.2, -0.15) is 0 Å². The molecule has 1 aromatic carbocycles. The van der Waals surface area contributed by atoms with Gasteiger partial charge in [0, 0.05) is 18.4 Å². The summed E-state index contributed by atoms with van der Waals surface area (Å²) in [5.41, 5.74) is 3.94. The van der Waals surface area contributed by atoms with Gasteiger partial charge >= 0.3 is 0 Å². The Morgan fingerprint density at radius 1 is 1.20 bits per heavy atom. The highest BCUT2D eigenvalue weighted by molar-refractivity contribution is 5.80. The van der Waals surface area contributed by atoms with Gasteiger partial charge in [0.15, 0.2) is 0 Å². The molecule has 30 heavy (non-hydrogen) atoms. The van der Waals surface area contributed by atoms with E-state index in [-0.39, 0.29) is 31.3 Å². The van der Waals surface area contributed by atoms with Gasteiger partial charge in [-0.1, -0.05) is 42.5 Å². The zero-order valence-electron chi connectivity index (χ0n) is 17.8. The molecule has 7 heteroatoms. The summed E-state index contributed by atoms with van der Waals surface area (Å²) in [6.45, 7) is 6.77. The van der Waals surface area contributed by atoms with Crippen LogP contribution in [0.5, 0.6) is 0 Å². The van der Waals surface area contributed by atoms with E-state index < -0.39 is 11.8 Å². The molecule has 3 N–H and O–H groups in total. The summed E-state index contributed by atoms with van der Waals surface area (Å²) in [5, 5.41) is 12.3. The molecule has 7 nitrogen and oxygen atoms in total. The number of carbonyl (C=O) groups is 2. The highest BCUT2D eigenvalue weighted by Crippen LogP contribution is 2.27. The van der Waals surface area contributed by atoms with Gasteiger partial charge < -0.3 is 14.8 Å². The third kappa shape index (κ3) is 8.26. The number of rotatable bonds is 12. The van der Waals surface area contributed by atoms with E-state index in [1.54, 1.807) is 5.48 Å². The number of allylic oxidation sites excluding steroid dienone is 1. The zero-order chi connectivity index (χ0) is 21.8. The van der Waals surface area contributed by atoms with Crippen LogP contribution in [0.2, 0.25) is 0 Å². The van der Waals surface area contributed by atoms with Gasteiger partial charge in [0.1, 0.15) is 6.79 Å². The van der Waals surface area contributed by atoms with E-state index in [0.29, 0.717) is 19.4 Å². The van der Waals surface area contributed by atoms with Crippen molar-refractivity contribution in [3.05, 3.63) is 48.0 Å². The molecule has 1 aromatic rings. The van der Waals surface area contributed by atoms with Crippen molar-refractivity contribution in [2.45, 2.75) is 51.5 Å². The Morgan fingerprint density at radius 2 is 1.90 bits per heavy atom. The topological polar surface area (TPSA) is 96.9 Å². The molecule has 0 spiro atoms. The Morgan fingerprint density at radius 3 is 2.53 bits per heavy atom. The van der Waals surface area contributed by atoms with E-state index in [1.165, 1.54) is 5.57 Å². The Bertz CT molecular complexity index is 669. The van der Waals surface area contributed by atoms with Gasteiger partial charge in [0.25, 0.3) is 0 Å². The monoisotopic (exact) mass is 418 g/mol. The number of carbonyl (C=O) groups excluding carboxylic acids is 2. The van der Waals surface area contributed by atoms with Crippen molar-refractivity contribution in [2.75, 3.05) is 20.0 Å². The van der Waals surface area contributed by atoms with Crippen molar-refractivity contribution < 1.29 is 24.3 Å². The summed E-state index contributed by atoms with van der Waals surface area (Å²) in [6.07, 6.45) is 4.12. The maximum absolute atomic E-state index is 12.8. The minimum absolute atomic E-state index is 0.0182. The van der Waals surface area contributed by atoms with Gasteiger partial charge in [0.2, 0.25) is 11.8 Å². The second-order valence-electron chi connectivity index (χ2n) is 7.81.